The minimum absolute atomic E-state index is 0.0389. The van der Waals surface area contributed by atoms with E-state index in [1.807, 2.05) is 0 Å². The van der Waals surface area contributed by atoms with Gasteiger partial charge in [-0.05, 0) is 66.5 Å². The maximum absolute atomic E-state index is 12.8. The van der Waals surface area contributed by atoms with E-state index in [1.54, 1.807) is 0 Å². The summed E-state index contributed by atoms with van der Waals surface area (Å²) in [6.07, 6.45) is 5.41. The Balaban J connectivity index is 1.57. The van der Waals surface area contributed by atoms with Crippen LogP contribution in [0.5, 0.6) is 0 Å². The number of rotatable bonds is 4. The number of hydrogen-bond donors (Lipinski definition) is 0. The molecule has 2 heterocycles. The highest BCUT2D eigenvalue weighted by Gasteiger charge is 2.60. The van der Waals surface area contributed by atoms with E-state index in [9.17, 15) is 4.79 Å². The fourth-order valence-corrected chi connectivity index (χ4v) is 8.47. The second-order valence-electron chi connectivity index (χ2n) is 13.2. The summed E-state index contributed by atoms with van der Waals surface area (Å²) < 4.78 is 18.3. The number of ether oxygens (including phenoxy) is 2. The van der Waals surface area contributed by atoms with Crippen LogP contribution in [-0.2, 0) is 18.7 Å². The lowest BCUT2D eigenvalue weighted by molar-refractivity contribution is -0.161. The monoisotopic (exact) mass is 448 g/mol. The number of carbonyl (C=O) groups excluding carboxylic acids is 1. The Hall–Kier alpha value is -0.653. The van der Waals surface area contributed by atoms with Crippen molar-refractivity contribution in [3.05, 3.63) is 12.2 Å². The van der Waals surface area contributed by atoms with Crippen LogP contribution >= 0.6 is 0 Å². The summed E-state index contributed by atoms with van der Waals surface area (Å²) in [6, 6.07) is 0. The van der Waals surface area contributed by atoms with Crippen LogP contribution in [0.3, 0.4) is 0 Å². The first-order valence-electron chi connectivity index (χ1n) is 12.4. The van der Waals surface area contributed by atoms with Gasteiger partial charge in [-0.3, -0.25) is 0 Å². The molecule has 2 aliphatic heterocycles. The van der Waals surface area contributed by atoms with Crippen LogP contribution in [0.4, 0.5) is 0 Å². The predicted molar refractivity (Wildman–Crippen MR) is 126 cm³/mol. The second kappa shape index (κ2) is 7.43. The number of hydrogen-bond acceptors (Lipinski definition) is 4. The quantitative estimate of drug-likeness (QED) is 0.287. The van der Waals surface area contributed by atoms with Crippen molar-refractivity contribution in [3.63, 3.8) is 0 Å². The molecule has 176 valence electrons. The van der Waals surface area contributed by atoms with E-state index in [0.29, 0.717) is 23.4 Å². The van der Waals surface area contributed by atoms with E-state index in [1.165, 1.54) is 37.7 Å². The molecule has 2 aliphatic carbocycles. The van der Waals surface area contributed by atoms with Crippen LogP contribution in [0, 0.1) is 34.5 Å². The van der Waals surface area contributed by atoms with Crippen molar-refractivity contribution in [2.45, 2.75) is 104 Å². The smallest absolute Gasteiger partial charge is 0.336 e. The van der Waals surface area contributed by atoms with Gasteiger partial charge in [-0.15, -0.1) is 0 Å². The van der Waals surface area contributed by atoms with Crippen LogP contribution in [0.25, 0.3) is 0 Å². The molecule has 0 bridgehead atoms. The molecule has 31 heavy (non-hydrogen) atoms. The molecule has 2 saturated heterocycles. The number of esters is 1. The van der Waals surface area contributed by atoms with Crippen LogP contribution in [-0.4, -0.2) is 33.3 Å². The molecule has 7 atom stereocenters. The number of carbonyl (C=O) groups is 1. The third kappa shape index (κ3) is 3.67. The molecule has 0 aromatic heterocycles. The Labute approximate surface area is 190 Å². The summed E-state index contributed by atoms with van der Waals surface area (Å²) in [6.45, 7) is 23.8. The molecule has 0 amide bonds. The minimum atomic E-state index is -2.12. The lowest BCUT2D eigenvalue weighted by atomic mass is 9.54. The average Bonchev–Trinajstić information content (AvgIpc) is 3.27. The molecule has 5 heteroatoms. The summed E-state index contributed by atoms with van der Waals surface area (Å²) in [7, 11) is -2.12. The summed E-state index contributed by atoms with van der Waals surface area (Å²) >= 11 is 0. The Kier molecular flexibility index (Phi) is 5.63. The lowest BCUT2D eigenvalue weighted by Crippen LogP contribution is -2.48. The molecule has 4 fully saturated rings. The first kappa shape index (κ1) is 23.5. The first-order chi connectivity index (χ1) is 14.2. The third-order valence-corrected chi connectivity index (χ3v) is 14.5. The van der Waals surface area contributed by atoms with Crippen molar-refractivity contribution in [1.82, 2.24) is 0 Å². The van der Waals surface area contributed by atoms with Crippen molar-refractivity contribution in [2.75, 3.05) is 6.61 Å². The van der Waals surface area contributed by atoms with Gasteiger partial charge in [0.2, 0.25) is 6.29 Å². The molecule has 0 N–H and O–H groups in total. The molecule has 0 aromatic carbocycles. The molecular formula is C26H44O4Si. The van der Waals surface area contributed by atoms with Crippen LogP contribution in [0.1, 0.15) is 73.6 Å². The summed E-state index contributed by atoms with van der Waals surface area (Å²) in [5, 5.41) is 0.0389. The normalized spacial score (nSPS) is 42.3. The van der Waals surface area contributed by atoms with Crippen LogP contribution < -0.4 is 0 Å². The largest absolute Gasteiger partial charge is 0.433 e. The Morgan fingerprint density at radius 2 is 1.84 bits per heavy atom. The van der Waals surface area contributed by atoms with Crippen molar-refractivity contribution in [2.24, 2.45) is 34.5 Å². The van der Waals surface area contributed by atoms with E-state index in [0.717, 1.165) is 5.92 Å². The molecule has 0 unspecified atom stereocenters. The summed E-state index contributed by atoms with van der Waals surface area (Å²) in [5.74, 6) is 1.07. The maximum atomic E-state index is 12.8. The average molecular weight is 449 g/mol. The third-order valence-electron chi connectivity index (χ3n) is 10.0. The van der Waals surface area contributed by atoms with Crippen molar-refractivity contribution < 1.29 is 18.7 Å². The van der Waals surface area contributed by atoms with Gasteiger partial charge < -0.3 is 13.9 Å². The molecule has 4 rings (SSSR count). The highest BCUT2D eigenvalue weighted by molar-refractivity contribution is 6.74. The van der Waals surface area contributed by atoms with E-state index in [2.05, 4.69) is 61.2 Å². The zero-order chi connectivity index (χ0) is 23.0. The Morgan fingerprint density at radius 1 is 1.16 bits per heavy atom. The SMILES string of the molecule is C=C([C@H]1CC[C@H]2C(C)(C)CCC[C@]12C)[C@@H]1CO[C@@H]2OC(=O)[C@@H](O[Si](C)(C)C(C)(C)C)[C@@H]21. The molecule has 0 aromatic rings. The van der Waals surface area contributed by atoms with E-state index in [-0.39, 0.29) is 22.8 Å². The van der Waals surface area contributed by atoms with Crippen LogP contribution in [0.15, 0.2) is 12.2 Å². The van der Waals surface area contributed by atoms with Crippen molar-refractivity contribution in [3.8, 4) is 0 Å². The van der Waals surface area contributed by atoms with Gasteiger partial charge in [0.05, 0.1) is 12.5 Å². The Morgan fingerprint density at radius 3 is 2.48 bits per heavy atom. The van der Waals surface area contributed by atoms with Crippen molar-refractivity contribution >= 4 is 14.3 Å². The number of fused-ring (bicyclic) bond motifs is 2. The fourth-order valence-electron chi connectivity index (χ4n) is 7.22. The molecule has 2 saturated carbocycles. The Bertz CT molecular complexity index is 751. The molecule has 4 aliphatic rings. The van der Waals surface area contributed by atoms with Gasteiger partial charge in [-0.1, -0.05) is 60.1 Å². The molecule has 4 nitrogen and oxygen atoms in total. The summed E-state index contributed by atoms with van der Waals surface area (Å²) in [4.78, 5) is 12.8. The van der Waals surface area contributed by atoms with Gasteiger partial charge >= 0.3 is 5.97 Å². The fraction of sp³-hybridized carbons (Fsp3) is 0.885. The predicted octanol–water partition coefficient (Wildman–Crippen LogP) is 6.32. The van der Waals surface area contributed by atoms with E-state index < -0.39 is 20.7 Å². The van der Waals surface area contributed by atoms with Crippen molar-refractivity contribution in [1.29, 1.82) is 0 Å². The standard InChI is InChI=1S/C26H44O4Si/c1-16(18-11-12-19-25(5,6)13-10-14-26(18,19)7)17-15-28-23-20(17)21(22(27)29-23)30-31(8,9)24(2,3)4/h17-21,23H,1,10-15H2,2-9H3/t17-,18+,19-,20-,21-,23+,26+/m0/s1. The maximum Gasteiger partial charge on any atom is 0.336 e. The van der Waals surface area contributed by atoms with Gasteiger partial charge in [0.1, 0.15) is 0 Å². The lowest BCUT2D eigenvalue weighted by Gasteiger charge is -2.50. The van der Waals surface area contributed by atoms with Gasteiger partial charge in [-0.25, -0.2) is 4.79 Å². The van der Waals surface area contributed by atoms with Gasteiger partial charge in [0.25, 0.3) is 0 Å². The van der Waals surface area contributed by atoms with Gasteiger partial charge in [-0.2, -0.15) is 0 Å². The molecule has 0 radical (unpaired) electrons. The van der Waals surface area contributed by atoms with E-state index in [4.69, 9.17) is 13.9 Å². The first-order valence-corrected chi connectivity index (χ1v) is 15.3. The zero-order valence-corrected chi connectivity index (χ0v) is 22.0. The molecular weight excluding hydrogens is 404 g/mol. The van der Waals surface area contributed by atoms with E-state index >= 15 is 0 Å². The highest BCUT2D eigenvalue weighted by Crippen LogP contribution is 2.64. The second-order valence-corrected chi connectivity index (χ2v) is 18.0. The zero-order valence-electron chi connectivity index (χ0n) is 21.0. The van der Waals surface area contributed by atoms with Gasteiger partial charge in [0.15, 0.2) is 14.4 Å². The topological polar surface area (TPSA) is 44.8 Å². The van der Waals surface area contributed by atoms with Gasteiger partial charge in [0, 0.05) is 5.92 Å². The molecule has 0 spiro atoms. The minimum Gasteiger partial charge on any atom is -0.433 e. The highest BCUT2D eigenvalue weighted by atomic mass is 28.4. The summed E-state index contributed by atoms with van der Waals surface area (Å²) in [5.41, 5.74) is 1.99. The van der Waals surface area contributed by atoms with Crippen LogP contribution in [0.2, 0.25) is 18.1 Å².